The van der Waals surface area contributed by atoms with Crippen LogP contribution in [0.15, 0.2) is 22.6 Å². The second-order valence-corrected chi connectivity index (χ2v) is 4.59. The van der Waals surface area contributed by atoms with E-state index in [4.69, 9.17) is 9.15 Å². The van der Waals surface area contributed by atoms with Crippen LogP contribution < -0.4 is 5.32 Å². The summed E-state index contributed by atoms with van der Waals surface area (Å²) in [5, 5.41) is 4.06. The summed E-state index contributed by atoms with van der Waals surface area (Å²) in [7, 11) is 1.62. The molecule has 1 N–H and O–H groups in total. The Morgan fingerprint density at radius 1 is 1.39 bits per heavy atom. The highest BCUT2D eigenvalue weighted by Gasteiger charge is 2.16. The fourth-order valence-electron chi connectivity index (χ4n) is 1.93. The van der Waals surface area contributed by atoms with E-state index in [1.165, 1.54) is 6.07 Å². The van der Waals surface area contributed by atoms with Gasteiger partial charge in [0, 0.05) is 24.1 Å². The van der Waals surface area contributed by atoms with Gasteiger partial charge in [-0.15, -0.1) is 0 Å². The Balaban J connectivity index is 2.43. The summed E-state index contributed by atoms with van der Waals surface area (Å²) >= 11 is 0. The molecule has 1 aromatic carbocycles. The lowest BCUT2D eigenvalue weighted by molar-refractivity contribution is 0.183. The van der Waals surface area contributed by atoms with E-state index in [0.717, 1.165) is 16.7 Å². The number of benzene rings is 1. The fraction of sp³-hybridized carbons (Fsp3) is 0.429. The summed E-state index contributed by atoms with van der Waals surface area (Å²) in [5.41, 5.74) is 1.23. The molecule has 0 spiro atoms. The molecule has 2 aromatic rings. The highest BCUT2D eigenvalue weighted by atomic mass is 19.1. The lowest BCUT2D eigenvalue weighted by Crippen LogP contribution is -2.22. The second-order valence-electron chi connectivity index (χ2n) is 4.59. The van der Waals surface area contributed by atoms with E-state index in [2.05, 4.69) is 19.2 Å². The normalized spacial score (nSPS) is 11.6. The molecular formula is C14H18FNO2. The summed E-state index contributed by atoms with van der Waals surface area (Å²) < 4.78 is 24.5. The minimum Gasteiger partial charge on any atom is -0.456 e. The molecule has 0 bridgehead atoms. The van der Waals surface area contributed by atoms with E-state index in [1.54, 1.807) is 13.2 Å². The van der Waals surface area contributed by atoms with Crippen LogP contribution in [0, 0.1) is 5.82 Å². The molecular weight excluding hydrogens is 233 g/mol. The first-order chi connectivity index (χ1) is 8.63. The molecule has 0 amide bonds. The van der Waals surface area contributed by atoms with Crippen LogP contribution in [-0.2, 0) is 17.9 Å². The monoisotopic (exact) mass is 251 g/mol. The third-order valence-corrected chi connectivity index (χ3v) is 2.81. The average molecular weight is 251 g/mol. The summed E-state index contributed by atoms with van der Waals surface area (Å²) in [5.74, 6) is 0.409. The highest BCUT2D eigenvalue weighted by Crippen LogP contribution is 2.28. The first-order valence-corrected chi connectivity index (χ1v) is 6.04. The van der Waals surface area contributed by atoms with Crippen molar-refractivity contribution in [2.45, 2.75) is 33.0 Å². The Kier molecular flexibility index (Phi) is 3.99. The number of ether oxygens (including phenoxy) is 1. The molecule has 18 heavy (non-hydrogen) atoms. The van der Waals surface area contributed by atoms with E-state index >= 15 is 0 Å². The number of halogens is 1. The minimum atomic E-state index is -0.333. The van der Waals surface area contributed by atoms with E-state index in [0.29, 0.717) is 24.8 Å². The molecule has 0 fully saturated rings. The van der Waals surface area contributed by atoms with Crippen LogP contribution in [-0.4, -0.2) is 13.2 Å². The first kappa shape index (κ1) is 13.1. The third kappa shape index (κ3) is 2.54. The van der Waals surface area contributed by atoms with Crippen LogP contribution in [0.5, 0.6) is 0 Å². The SMILES string of the molecule is COCc1c(CNC(C)C)oc2c(F)cccc12. The number of hydrogen-bond donors (Lipinski definition) is 1. The molecule has 0 saturated heterocycles. The molecule has 0 aliphatic heterocycles. The van der Waals surface area contributed by atoms with Crippen LogP contribution in [0.4, 0.5) is 4.39 Å². The smallest absolute Gasteiger partial charge is 0.170 e. The molecule has 4 heteroatoms. The Bertz CT molecular complexity index is 534. The van der Waals surface area contributed by atoms with Gasteiger partial charge in [-0.3, -0.25) is 0 Å². The standard InChI is InChI=1S/C14H18FNO2/c1-9(2)16-7-13-11(8-17-3)10-5-4-6-12(15)14(10)18-13/h4-6,9,16H,7-8H2,1-3H3. The van der Waals surface area contributed by atoms with Crippen LogP contribution in [0.1, 0.15) is 25.2 Å². The van der Waals surface area contributed by atoms with Crippen molar-refractivity contribution in [1.29, 1.82) is 0 Å². The van der Waals surface area contributed by atoms with Gasteiger partial charge in [-0.1, -0.05) is 26.0 Å². The Morgan fingerprint density at radius 2 is 2.17 bits per heavy atom. The predicted octanol–water partition coefficient (Wildman–Crippen LogP) is 3.22. The largest absolute Gasteiger partial charge is 0.456 e. The maximum absolute atomic E-state index is 13.7. The molecule has 0 radical (unpaired) electrons. The minimum absolute atomic E-state index is 0.310. The predicted molar refractivity (Wildman–Crippen MR) is 68.9 cm³/mol. The molecule has 0 aliphatic rings. The van der Waals surface area contributed by atoms with E-state index in [9.17, 15) is 4.39 Å². The molecule has 1 aromatic heterocycles. The van der Waals surface area contributed by atoms with E-state index < -0.39 is 0 Å². The van der Waals surface area contributed by atoms with Crippen LogP contribution in [0.2, 0.25) is 0 Å². The van der Waals surface area contributed by atoms with Crippen molar-refractivity contribution in [3.8, 4) is 0 Å². The van der Waals surface area contributed by atoms with Gasteiger partial charge in [0.15, 0.2) is 11.4 Å². The van der Waals surface area contributed by atoms with Gasteiger partial charge >= 0.3 is 0 Å². The third-order valence-electron chi connectivity index (χ3n) is 2.81. The van der Waals surface area contributed by atoms with Gasteiger partial charge in [0.1, 0.15) is 5.76 Å². The van der Waals surface area contributed by atoms with E-state index in [1.807, 2.05) is 6.07 Å². The lowest BCUT2D eigenvalue weighted by atomic mass is 10.1. The lowest BCUT2D eigenvalue weighted by Gasteiger charge is -2.07. The van der Waals surface area contributed by atoms with Crippen molar-refractivity contribution in [2.24, 2.45) is 0 Å². The average Bonchev–Trinajstić information content (AvgIpc) is 2.67. The van der Waals surface area contributed by atoms with Crippen LogP contribution >= 0.6 is 0 Å². The van der Waals surface area contributed by atoms with Gasteiger partial charge in [0.2, 0.25) is 0 Å². The van der Waals surface area contributed by atoms with Gasteiger partial charge in [0.25, 0.3) is 0 Å². The number of para-hydroxylation sites is 1. The summed E-state index contributed by atoms with van der Waals surface area (Å²) in [4.78, 5) is 0. The number of rotatable bonds is 5. The zero-order valence-electron chi connectivity index (χ0n) is 10.9. The Hall–Kier alpha value is -1.39. The first-order valence-electron chi connectivity index (χ1n) is 6.04. The van der Waals surface area contributed by atoms with Gasteiger partial charge < -0.3 is 14.5 Å². The van der Waals surface area contributed by atoms with Crippen molar-refractivity contribution < 1.29 is 13.5 Å². The topological polar surface area (TPSA) is 34.4 Å². The van der Waals surface area contributed by atoms with Gasteiger partial charge in [-0.25, -0.2) is 4.39 Å². The zero-order chi connectivity index (χ0) is 13.1. The highest BCUT2D eigenvalue weighted by molar-refractivity contribution is 5.82. The van der Waals surface area contributed by atoms with Crippen molar-refractivity contribution in [2.75, 3.05) is 7.11 Å². The molecule has 0 unspecified atom stereocenters. The zero-order valence-corrected chi connectivity index (χ0v) is 10.9. The van der Waals surface area contributed by atoms with Crippen molar-refractivity contribution in [1.82, 2.24) is 5.32 Å². The van der Waals surface area contributed by atoms with Crippen molar-refractivity contribution >= 4 is 11.0 Å². The summed E-state index contributed by atoms with van der Waals surface area (Å²) in [6.45, 7) is 5.11. The quantitative estimate of drug-likeness (QED) is 0.886. The Morgan fingerprint density at radius 3 is 2.83 bits per heavy atom. The molecule has 3 nitrogen and oxygen atoms in total. The van der Waals surface area contributed by atoms with Crippen LogP contribution in [0.3, 0.4) is 0 Å². The van der Waals surface area contributed by atoms with E-state index in [-0.39, 0.29) is 5.82 Å². The molecule has 2 rings (SSSR count). The van der Waals surface area contributed by atoms with Gasteiger partial charge in [0.05, 0.1) is 13.2 Å². The maximum Gasteiger partial charge on any atom is 0.170 e. The molecule has 98 valence electrons. The molecule has 0 atom stereocenters. The van der Waals surface area contributed by atoms with Crippen molar-refractivity contribution in [3.05, 3.63) is 35.3 Å². The fourth-order valence-corrected chi connectivity index (χ4v) is 1.93. The number of fused-ring (bicyclic) bond motifs is 1. The molecule has 1 heterocycles. The van der Waals surface area contributed by atoms with Crippen LogP contribution in [0.25, 0.3) is 11.0 Å². The Labute approximate surface area is 106 Å². The number of methoxy groups -OCH3 is 1. The van der Waals surface area contributed by atoms with Gasteiger partial charge in [-0.05, 0) is 6.07 Å². The summed E-state index contributed by atoms with van der Waals surface area (Å²) in [6.07, 6.45) is 0. The summed E-state index contributed by atoms with van der Waals surface area (Å²) in [6, 6.07) is 5.29. The maximum atomic E-state index is 13.7. The van der Waals surface area contributed by atoms with Gasteiger partial charge in [-0.2, -0.15) is 0 Å². The van der Waals surface area contributed by atoms with Crippen molar-refractivity contribution in [3.63, 3.8) is 0 Å². The number of hydrogen-bond acceptors (Lipinski definition) is 3. The second kappa shape index (κ2) is 5.50. The molecule has 0 aliphatic carbocycles. The number of furan rings is 1. The number of nitrogens with one attached hydrogen (secondary N) is 1. The molecule has 0 saturated carbocycles.